The van der Waals surface area contributed by atoms with E-state index in [-0.39, 0.29) is 6.04 Å². The molecule has 21 heavy (non-hydrogen) atoms. The van der Waals surface area contributed by atoms with Gasteiger partial charge in [0.05, 0.1) is 22.4 Å². The van der Waals surface area contributed by atoms with Crippen molar-refractivity contribution >= 4 is 10.0 Å². The first kappa shape index (κ1) is 14.3. The largest absolute Gasteiger partial charge is 0.243 e. The Morgan fingerprint density at radius 2 is 2.00 bits per heavy atom. The summed E-state index contributed by atoms with van der Waals surface area (Å²) < 4.78 is 27.3. The van der Waals surface area contributed by atoms with E-state index in [1.165, 1.54) is 4.31 Å². The number of sulfonamides is 1. The van der Waals surface area contributed by atoms with E-state index in [1.807, 2.05) is 13.8 Å². The summed E-state index contributed by atoms with van der Waals surface area (Å²) in [5.74, 6) is 0. The molecule has 3 rings (SSSR count). The lowest BCUT2D eigenvalue weighted by atomic mass is 9.62. The predicted octanol–water partition coefficient (Wildman–Crippen LogP) is 2.62. The van der Waals surface area contributed by atoms with Gasteiger partial charge in [0, 0.05) is 6.54 Å². The van der Waals surface area contributed by atoms with Crippen molar-refractivity contribution in [1.82, 2.24) is 4.31 Å². The van der Waals surface area contributed by atoms with Crippen LogP contribution in [-0.4, -0.2) is 25.3 Å². The maximum atomic E-state index is 12.9. The Morgan fingerprint density at radius 1 is 1.33 bits per heavy atom. The fourth-order valence-corrected chi connectivity index (χ4v) is 5.04. The summed E-state index contributed by atoms with van der Waals surface area (Å²) >= 11 is 0. The molecule has 2 aliphatic rings. The highest BCUT2D eigenvalue weighted by Crippen LogP contribution is 2.50. The molecule has 0 saturated heterocycles. The summed E-state index contributed by atoms with van der Waals surface area (Å²) in [5.41, 5.74) is 1.50. The van der Waals surface area contributed by atoms with Gasteiger partial charge in [0.25, 0.3) is 0 Å². The van der Waals surface area contributed by atoms with Crippen LogP contribution in [0.1, 0.15) is 25.3 Å². The highest BCUT2D eigenvalue weighted by Gasteiger charge is 2.54. The van der Waals surface area contributed by atoms with E-state index in [4.69, 9.17) is 0 Å². The number of rotatable bonds is 2. The number of benzene rings is 1. The van der Waals surface area contributed by atoms with E-state index < -0.39 is 15.4 Å². The van der Waals surface area contributed by atoms with Crippen LogP contribution in [0.3, 0.4) is 0 Å². The van der Waals surface area contributed by atoms with Crippen LogP contribution in [-0.2, 0) is 10.0 Å². The van der Waals surface area contributed by atoms with E-state index >= 15 is 0 Å². The molecule has 0 unspecified atom stereocenters. The van der Waals surface area contributed by atoms with E-state index in [1.54, 1.807) is 24.3 Å². The van der Waals surface area contributed by atoms with Crippen molar-refractivity contribution in [3.63, 3.8) is 0 Å². The van der Waals surface area contributed by atoms with E-state index in [0.717, 1.165) is 17.6 Å². The average Bonchev–Trinajstić information content (AvgIpc) is 2.45. The van der Waals surface area contributed by atoms with Gasteiger partial charge in [0.2, 0.25) is 10.0 Å². The molecule has 0 aromatic heterocycles. The lowest BCUT2D eigenvalue weighted by Gasteiger charge is -2.51. The van der Waals surface area contributed by atoms with Crippen LogP contribution >= 0.6 is 0 Å². The third-order valence-corrected chi connectivity index (χ3v) is 6.33. The minimum Gasteiger partial charge on any atom is -0.207 e. The van der Waals surface area contributed by atoms with Crippen molar-refractivity contribution in [3.05, 3.63) is 41.5 Å². The lowest BCUT2D eigenvalue weighted by Crippen LogP contribution is -2.58. The Morgan fingerprint density at radius 3 is 2.62 bits per heavy atom. The van der Waals surface area contributed by atoms with Crippen molar-refractivity contribution in [1.29, 1.82) is 5.26 Å². The fourth-order valence-electron chi connectivity index (χ4n) is 3.29. The van der Waals surface area contributed by atoms with E-state index in [2.05, 4.69) is 12.1 Å². The number of hydrogen-bond acceptors (Lipinski definition) is 3. The smallest absolute Gasteiger partial charge is 0.207 e. The zero-order valence-electron chi connectivity index (χ0n) is 12.2. The Labute approximate surface area is 125 Å². The van der Waals surface area contributed by atoms with Gasteiger partial charge in [-0.15, -0.1) is 0 Å². The summed E-state index contributed by atoms with van der Waals surface area (Å²) in [4.78, 5) is 0.307. The summed E-state index contributed by atoms with van der Waals surface area (Å²) in [7, 11) is -3.55. The third kappa shape index (κ3) is 2.10. The van der Waals surface area contributed by atoms with Crippen LogP contribution in [0.4, 0.5) is 0 Å². The first-order valence-electron chi connectivity index (χ1n) is 7.07. The number of fused-ring (bicyclic) bond motifs is 1. The topological polar surface area (TPSA) is 61.2 Å². The molecule has 1 saturated carbocycles. The molecule has 0 N–H and O–H groups in total. The first-order valence-corrected chi connectivity index (χ1v) is 8.51. The predicted molar refractivity (Wildman–Crippen MR) is 79.9 cm³/mol. The second kappa shape index (κ2) is 4.69. The molecule has 2 atom stereocenters. The van der Waals surface area contributed by atoms with Crippen molar-refractivity contribution in [2.75, 3.05) is 6.54 Å². The molecule has 1 heterocycles. The van der Waals surface area contributed by atoms with Gasteiger partial charge in [-0.1, -0.05) is 29.3 Å². The molecule has 1 aliphatic carbocycles. The maximum absolute atomic E-state index is 12.9. The van der Waals surface area contributed by atoms with Gasteiger partial charge in [-0.05, 0) is 38.8 Å². The molecule has 1 aromatic rings. The quantitative estimate of drug-likeness (QED) is 0.789. The van der Waals surface area contributed by atoms with E-state index in [0.29, 0.717) is 17.9 Å². The summed E-state index contributed by atoms with van der Waals surface area (Å²) in [6.45, 7) is 4.22. The van der Waals surface area contributed by atoms with Gasteiger partial charge in [0.1, 0.15) is 0 Å². The summed E-state index contributed by atoms with van der Waals surface area (Å²) in [6, 6.07) is 8.88. The van der Waals surface area contributed by atoms with Gasteiger partial charge in [-0.25, -0.2) is 8.42 Å². The Hall–Kier alpha value is -1.64. The number of hydrogen-bond donors (Lipinski definition) is 0. The molecule has 1 aromatic carbocycles. The Bertz CT molecular complexity index is 743. The van der Waals surface area contributed by atoms with Crippen molar-refractivity contribution in [2.45, 2.75) is 37.6 Å². The van der Waals surface area contributed by atoms with Gasteiger partial charge in [-0.3, -0.25) is 0 Å². The van der Waals surface area contributed by atoms with Gasteiger partial charge < -0.3 is 0 Å². The molecule has 0 bridgehead atoms. The van der Waals surface area contributed by atoms with Crippen LogP contribution in [0.25, 0.3) is 0 Å². The molecular weight excluding hydrogens is 284 g/mol. The standard InChI is InChI=1S/C16H18N2O2S/c1-12-5-7-14(8-6-12)21(19,20)18-9-3-4-13-10-16(2,11-17)15(13)18/h4-8,15H,3,9-10H2,1-2H3/t15-,16+/m1/s1. The molecule has 1 aliphatic heterocycles. The molecule has 4 nitrogen and oxygen atoms in total. The highest BCUT2D eigenvalue weighted by molar-refractivity contribution is 7.89. The summed E-state index contributed by atoms with van der Waals surface area (Å²) in [5, 5.41) is 9.38. The number of aryl methyl sites for hydroxylation is 1. The minimum atomic E-state index is -3.55. The SMILES string of the molecule is Cc1ccc(S(=O)(=O)N2CCC=C3C[C@@](C)(C#N)[C@@H]32)cc1. The minimum absolute atomic E-state index is 0.303. The van der Waals surface area contributed by atoms with Gasteiger partial charge >= 0.3 is 0 Å². The monoisotopic (exact) mass is 302 g/mol. The highest BCUT2D eigenvalue weighted by atomic mass is 32.2. The van der Waals surface area contributed by atoms with Crippen molar-refractivity contribution < 1.29 is 8.42 Å². The second-order valence-corrected chi connectivity index (χ2v) is 8.00. The van der Waals surface area contributed by atoms with Gasteiger partial charge in [0.15, 0.2) is 0 Å². The molecule has 110 valence electrons. The van der Waals surface area contributed by atoms with Gasteiger partial charge in [-0.2, -0.15) is 9.57 Å². The van der Waals surface area contributed by atoms with Crippen LogP contribution in [0.5, 0.6) is 0 Å². The average molecular weight is 302 g/mol. The maximum Gasteiger partial charge on any atom is 0.243 e. The molecule has 1 fully saturated rings. The van der Waals surface area contributed by atoms with Crippen LogP contribution < -0.4 is 0 Å². The second-order valence-electron chi connectivity index (χ2n) is 6.11. The zero-order valence-corrected chi connectivity index (χ0v) is 13.0. The number of nitriles is 1. The third-order valence-electron chi connectivity index (χ3n) is 4.45. The van der Waals surface area contributed by atoms with Crippen LogP contribution in [0.2, 0.25) is 0 Å². The first-order chi connectivity index (χ1) is 9.88. The number of nitrogens with zero attached hydrogens (tertiary/aromatic N) is 2. The molecular formula is C16H18N2O2S. The molecule has 5 heteroatoms. The fraction of sp³-hybridized carbons (Fsp3) is 0.438. The van der Waals surface area contributed by atoms with Crippen molar-refractivity contribution in [3.8, 4) is 6.07 Å². The van der Waals surface area contributed by atoms with Crippen molar-refractivity contribution in [2.24, 2.45) is 5.41 Å². The normalized spacial score (nSPS) is 29.0. The molecule has 0 amide bonds. The zero-order chi connectivity index (χ0) is 15.3. The molecule has 0 spiro atoms. The molecule has 0 radical (unpaired) electrons. The Kier molecular flexibility index (Phi) is 3.19. The lowest BCUT2D eigenvalue weighted by molar-refractivity contribution is 0.143. The van der Waals surface area contributed by atoms with Crippen LogP contribution in [0.15, 0.2) is 40.8 Å². The Balaban J connectivity index is 2.01. The summed E-state index contributed by atoms with van der Waals surface area (Å²) in [6.07, 6.45) is 3.48. The van der Waals surface area contributed by atoms with E-state index in [9.17, 15) is 13.7 Å². The van der Waals surface area contributed by atoms with Crippen LogP contribution in [0, 0.1) is 23.7 Å².